The van der Waals surface area contributed by atoms with Crippen LogP contribution in [0.3, 0.4) is 0 Å². The zero-order valence-electron chi connectivity index (χ0n) is 15.9. The fourth-order valence-electron chi connectivity index (χ4n) is 3.97. The molecule has 2 heterocycles. The third kappa shape index (κ3) is 3.63. The Balaban J connectivity index is 1.75. The molecule has 7 heteroatoms. The highest BCUT2D eigenvalue weighted by Gasteiger charge is 2.23. The van der Waals surface area contributed by atoms with Gasteiger partial charge in [-0.3, -0.25) is 9.59 Å². The molecule has 26 heavy (non-hydrogen) atoms. The number of aryl methyl sites for hydroxylation is 2. The second-order valence-electron chi connectivity index (χ2n) is 7.08. The lowest BCUT2D eigenvalue weighted by Crippen LogP contribution is -2.16. The van der Waals surface area contributed by atoms with E-state index >= 15 is 0 Å². The molecule has 1 N–H and O–H groups in total. The van der Waals surface area contributed by atoms with Crippen LogP contribution in [0.25, 0.3) is 0 Å². The Labute approximate surface area is 158 Å². The van der Waals surface area contributed by atoms with Crippen LogP contribution in [-0.4, -0.2) is 37.1 Å². The Morgan fingerprint density at radius 2 is 1.85 bits per heavy atom. The number of nitrogens with zero attached hydrogens (tertiary/aromatic N) is 3. The smallest absolute Gasteiger partial charge is 0.191 e. The standard InChI is InChI=1S/C19H26N4O2S/c1-11-17(13(3)24)12(2)20-18(11)16(25)10-26-19-22-21-14(4)23(19)15-8-6-5-7-9-15/h15,20H,5-10H2,1-4H3. The van der Waals surface area contributed by atoms with Crippen LogP contribution >= 0.6 is 11.8 Å². The van der Waals surface area contributed by atoms with Crippen LogP contribution in [0.2, 0.25) is 0 Å². The van der Waals surface area contributed by atoms with Crippen molar-refractivity contribution in [2.45, 2.75) is 71.0 Å². The maximum Gasteiger partial charge on any atom is 0.191 e. The highest BCUT2D eigenvalue weighted by Crippen LogP contribution is 2.32. The first-order chi connectivity index (χ1) is 12.4. The summed E-state index contributed by atoms with van der Waals surface area (Å²) in [5.74, 6) is 1.16. The van der Waals surface area contributed by atoms with E-state index in [0.717, 1.165) is 35.1 Å². The predicted molar refractivity (Wildman–Crippen MR) is 102 cm³/mol. The van der Waals surface area contributed by atoms with Gasteiger partial charge < -0.3 is 9.55 Å². The lowest BCUT2D eigenvalue weighted by molar-refractivity contribution is 0.101. The summed E-state index contributed by atoms with van der Waals surface area (Å²) in [5.41, 5.74) is 2.65. The van der Waals surface area contributed by atoms with Crippen molar-refractivity contribution in [2.75, 3.05) is 5.75 Å². The maximum absolute atomic E-state index is 12.7. The summed E-state index contributed by atoms with van der Waals surface area (Å²) in [4.78, 5) is 27.6. The van der Waals surface area contributed by atoms with Gasteiger partial charge in [0.2, 0.25) is 0 Å². The van der Waals surface area contributed by atoms with E-state index in [-0.39, 0.29) is 17.3 Å². The van der Waals surface area contributed by atoms with Gasteiger partial charge in [0, 0.05) is 17.3 Å². The molecule has 0 saturated heterocycles. The summed E-state index contributed by atoms with van der Waals surface area (Å²) in [7, 11) is 0. The number of thioether (sulfide) groups is 1. The molecule has 3 rings (SSSR count). The minimum absolute atomic E-state index is 0.0149. The van der Waals surface area contributed by atoms with E-state index in [0.29, 0.717) is 17.3 Å². The van der Waals surface area contributed by atoms with Gasteiger partial charge in [-0.25, -0.2) is 0 Å². The van der Waals surface area contributed by atoms with E-state index in [1.165, 1.54) is 37.9 Å². The number of Topliss-reactive ketones (excluding diaryl/α,β-unsaturated/α-hetero) is 2. The number of ketones is 2. The molecule has 0 unspecified atom stereocenters. The van der Waals surface area contributed by atoms with Gasteiger partial charge >= 0.3 is 0 Å². The molecule has 0 spiro atoms. The lowest BCUT2D eigenvalue weighted by atomic mass is 9.95. The summed E-state index contributed by atoms with van der Waals surface area (Å²) in [5, 5.41) is 9.33. The van der Waals surface area contributed by atoms with Gasteiger partial charge in [-0.1, -0.05) is 31.0 Å². The molecule has 1 aliphatic rings. The quantitative estimate of drug-likeness (QED) is 0.605. The highest BCUT2D eigenvalue weighted by atomic mass is 32.2. The molecule has 140 valence electrons. The summed E-state index contributed by atoms with van der Waals surface area (Å²) in [6, 6.07) is 0.440. The van der Waals surface area contributed by atoms with E-state index in [2.05, 4.69) is 19.7 Å². The number of nitrogens with one attached hydrogen (secondary N) is 1. The fourth-order valence-corrected chi connectivity index (χ4v) is 4.89. The predicted octanol–water partition coefficient (Wildman–Crippen LogP) is 4.21. The van der Waals surface area contributed by atoms with Crippen molar-refractivity contribution in [1.29, 1.82) is 0 Å². The molecule has 0 amide bonds. The minimum atomic E-state index is -0.0179. The van der Waals surface area contributed by atoms with Crippen molar-refractivity contribution < 1.29 is 9.59 Å². The number of carbonyl (C=O) groups is 2. The molecule has 0 bridgehead atoms. The second-order valence-corrected chi connectivity index (χ2v) is 8.03. The highest BCUT2D eigenvalue weighted by molar-refractivity contribution is 7.99. The average Bonchev–Trinajstić information content (AvgIpc) is 3.12. The number of aromatic amines is 1. The largest absolute Gasteiger partial charge is 0.355 e. The summed E-state index contributed by atoms with van der Waals surface area (Å²) >= 11 is 1.43. The fraction of sp³-hybridized carbons (Fsp3) is 0.579. The van der Waals surface area contributed by atoms with Gasteiger partial charge in [-0.15, -0.1) is 10.2 Å². The van der Waals surface area contributed by atoms with Gasteiger partial charge in [0.05, 0.1) is 11.4 Å². The molecule has 2 aromatic heterocycles. The third-order valence-corrected chi connectivity index (χ3v) is 6.12. The van der Waals surface area contributed by atoms with E-state index in [9.17, 15) is 9.59 Å². The van der Waals surface area contributed by atoms with Gasteiger partial charge in [-0.2, -0.15) is 0 Å². The number of rotatable bonds is 6. The summed E-state index contributed by atoms with van der Waals surface area (Å²) in [6.45, 7) is 7.16. The normalized spacial score (nSPS) is 15.4. The van der Waals surface area contributed by atoms with Crippen LogP contribution in [0.4, 0.5) is 0 Å². The number of carbonyl (C=O) groups excluding carboxylic acids is 2. The van der Waals surface area contributed by atoms with Gasteiger partial charge in [-0.05, 0) is 46.1 Å². The number of H-pyrrole nitrogens is 1. The molecule has 1 fully saturated rings. The Kier molecular flexibility index (Phi) is 5.65. The molecule has 6 nitrogen and oxygen atoms in total. The minimum Gasteiger partial charge on any atom is -0.355 e. The Hall–Kier alpha value is -1.89. The molecule has 0 atom stereocenters. The molecular formula is C19H26N4O2S. The van der Waals surface area contributed by atoms with Crippen molar-refractivity contribution in [2.24, 2.45) is 0 Å². The van der Waals surface area contributed by atoms with Crippen LogP contribution in [0, 0.1) is 20.8 Å². The SMILES string of the molecule is CC(=O)c1c(C)[nH]c(C(=O)CSc2nnc(C)n2C2CCCCC2)c1C. The van der Waals surface area contributed by atoms with Crippen molar-refractivity contribution in [3.63, 3.8) is 0 Å². The van der Waals surface area contributed by atoms with Gasteiger partial charge in [0.25, 0.3) is 0 Å². The lowest BCUT2D eigenvalue weighted by Gasteiger charge is -2.24. The number of hydrogen-bond acceptors (Lipinski definition) is 5. The zero-order valence-corrected chi connectivity index (χ0v) is 16.7. The van der Waals surface area contributed by atoms with Crippen LogP contribution in [0.1, 0.15) is 83.0 Å². The zero-order chi connectivity index (χ0) is 18.8. The summed E-state index contributed by atoms with van der Waals surface area (Å²) < 4.78 is 2.20. The molecule has 0 aliphatic heterocycles. The van der Waals surface area contributed by atoms with Crippen LogP contribution in [-0.2, 0) is 0 Å². The number of aromatic nitrogens is 4. The Morgan fingerprint density at radius 1 is 1.15 bits per heavy atom. The molecule has 0 radical (unpaired) electrons. The number of hydrogen-bond donors (Lipinski definition) is 1. The maximum atomic E-state index is 12.7. The topological polar surface area (TPSA) is 80.6 Å². The van der Waals surface area contributed by atoms with Crippen molar-refractivity contribution >= 4 is 23.3 Å². The first kappa shape index (κ1) is 18.9. The van der Waals surface area contributed by atoms with Crippen LogP contribution in [0.5, 0.6) is 0 Å². The Bertz CT molecular complexity index is 831. The third-order valence-electron chi connectivity index (χ3n) is 5.18. The molecular weight excluding hydrogens is 348 g/mol. The Morgan fingerprint density at radius 3 is 2.46 bits per heavy atom. The van der Waals surface area contributed by atoms with Crippen molar-refractivity contribution in [3.8, 4) is 0 Å². The summed E-state index contributed by atoms with van der Waals surface area (Å²) in [6.07, 6.45) is 6.07. The average molecular weight is 375 g/mol. The van der Waals surface area contributed by atoms with E-state index in [1.807, 2.05) is 20.8 Å². The van der Waals surface area contributed by atoms with Crippen molar-refractivity contribution in [1.82, 2.24) is 19.7 Å². The van der Waals surface area contributed by atoms with E-state index in [1.54, 1.807) is 0 Å². The van der Waals surface area contributed by atoms with E-state index in [4.69, 9.17) is 0 Å². The first-order valence-corrected chi connectivity index (χ1v) is 10.2. The van der Waals surface area contributed by atoms with Crippen LogP contribution < -0.4 is 0 Å². The molecule has 2 aromatic rings. The molecule has 1 saturated carbocycles. The first-order valence-electron chi connectivity index (χ1n) is 9.17. The van der Waals surface area contributed by atoms with Crippen LogP contribution in [0.15, 0.2) is 5.16 Å². The molecule has 0 aromatic carbocycles. The molecule has 1 aliphatic carbocycles. The van der Waals surface area contributed by atoms with E-state index < -0.39 is 0 Å². The van der Waals surface area contributed by atoms with Gasteiger partial charge in [0.1, 0.15) is 5.82 Å². The second kappa shape index (κ2) is 7.78. The van der Waals surface area contributed by atoms with Gasteiger partial charge in [0.15, 0.2) is 16.7 Å². The van der Waals surface area contributed by atoms with Crippen molar-refractivity contribution in [3.05, 3.63) is 28.3 Å². The monoisotopic (exact) mass is 374 g/mol.